The average molecular weight is 419 g/mol. The molecule has 7 nitrogen and oxygen atoms in total. The molecule has 8 heteroatoms. The van der Waals surface area contributed by atoms with Gasteiger partial charge in [-0.25, -0.2) is 0 Å². The van der Waals surface area contributed by atoms with Gasteiger partial charge in [-0.05, 0) is 63.6 Å². The predicted molar refractivity (Wildman–Crippen MR) is 112 cm³/mol. The van der Waals surface area contributed by atoms with Crippen molar-refractivity contribution in [2.45, 2.75) is 37.6 Å². The van der Waals surface area contributed by atoms with Crippen LogP contribution in [0.1, 0.15) is 27.2 Å². The van der Waals surface area contributed by atoms with Crippen LogP contribution in [0.5, 0.6) is 5.75 Å². The third-order valence-electron chi connectivity index (χ3n) is 4.61. The van der Waals surface area contributed by atoms with Crippen LogP contribution in [0.4, 0.5) is 11.4 Å². The van der Waals surface area contributed by atoms with Gasteiger partial charge in [-0.3, -0.25) is 8.98 Å². The lowest BCUT2D eigenvalue weighted by molar-refractivity contribution is -0.122. The number of para-hydroxylation sites is 2. The highest BCUT2D eigenvalue weighted by atomic mass is 32.2. The van der Waals surface area contributed by atoms with Crippen LogP contribution < -0.4 is 15.0 Å². The van der Waals surface area contributed by atoms with E-state index in [4.69, 9.17) is 8.92 Å². The Morgan fingerprint density at radius 2 is 1.76 bits per heavy atom. The third kappa shape index (κ3) is 4.71. The van der Waals surface area contributed by atoms with Gasteiger partial charge in [-0.2, -0.15) is 8.42 Å². The van der Waals surface area contributed by atoms with Crippen LogP contribution in [-0.4, -0.2) is 39.6 Å². The minimum atomic E-state index is -3.86. The number of hydrogen-bond acceptors (Lipinski definition) is 6. The molecule has 1 N–H and O–H groups in total. The first-order valence-electron chi connectivity index (χ1n) is 9.56. The molecule has 1 aliphatic heterocycles. The molecule has 0 radical (unpaired) electrons. The summed E-state index contributed by atoms with van der Waals surface area (Å²) in [5, 5.41) is 3.24. The summed E-state index contributed by atoms with van der Waals surface area (Å²) in [7, 11) is -3.86. The number of anilines is 2. The monoisotopic (exact) mass is 418 g/mol. The fourth-order valence-corrected chi connectivity index (χ4v) is 4.14. The van der Waals surface area contributed by atoms with E-state index in [9.17, 15) is 13.2 Å². The van der Waals surface area contributed by atoms with E-state index in [2.05, 4.69) is 5.32 Å². The number of hydrogen-bond donors (Lipinski definition) is 1. The maximum atomic E-state index is 12.8. The lowest BCUT2D eigenvalue weighted by Gasteiger charge is -2.40. The maximum Gasteiger partial charge on any atom is 0.296 e. The molecule has 1 heterocycles. The summed E-state index contributed by atoms with van der Waals surface area (Å²) in [4.78, 5) is 14.6. The lowest BCUT2D eigenvalue weighted by Crippen LogP contribution is -2.54. The van der Waals surface area contributed by atoms with Crippen LogP contribution in [0.3, 0.4) is 0 Å². The highest BCUT2D eigenvalue weighted by Crippen LogP contribution is 2.35. The van der Waals surface area contributed by atoms with Crippen LogP contribution in [0.25, 0.3) is 0 Å². The smallest absolute Gasteiger partial charge is 0.296 e. The van der Waals surface area contributed by atoms with E-state index in [0.29, 0.717) is 25.3 Å². The maximum absolute atomic E-state index is 12.8. The van der Waals surface area contributed by atoms with Crippen molar-refractivity contribution < 1.29 is 22.1 Å². The molecule has 0 fully saturated rings. The van der Waals surface area contributed by atoms with Gasteiger partial charge < -0.3 is 15.0 Å². The Balaban J connectivity index is 1.61. The first-order valence-corrected chi connectivity index (χ1v) is 11.0. The minimum Gasteiger partial charge on any atom is -0.494 e. The van der Waals surface area contributed by atoms with Crippen LogP contribution in [0, 0.1) is 0 Å². The molecule has 29 heavy (non-hydrogen) atoms. The molecule has 2 aromatic carbocycles. The van der Waals surface area contributed by atoms with Gasteiger partial charge in [0.1, 0.15) is 11.3 Å². The molecular formula is C21H26N2O5S. The van der Waals surface area contributed by atoms with Crippen molar-refractivity contribution in [3.63, 3.8) is 0 Å². The molecule has 1 aliphatic rings. The Morgan fingerprint density at radius 1 is 1.07 bits per heavy atom. The zero-order chi connectivity index (χ0) is 21.1. The van der Waals surface area contributed by atoms with Gasteiger partial charge >= 0.3 is 0 Å². The summed E-state index contributed by atoms with van der Waals surface area (Å²) < 4.78 is 35.2. The van der Waals surface area contributed by atoms with E-state index >= 15 is 0 Å². The molecule has 0 aliphatic carbocycles. The quantitative estimate of drug-likeness (QED) is 0.522. The van der Waals surface area contributed by atoms with Gasteiger partial charge in [0.15, 0.2) is 0 Å². The first-order chi connectivity index (χ1) is 13.7. The van der Waals surface area contributed by atoms with E-state index in [1.54, 1.807) is 17.0 Å². The van der Waals surface area contributed by atoms with Crippen molar-refractivity contribution in [3.05, 3.63) is 48.5 Å². The summed E-state index contributed by atoms with van der Waals surface area (Å²) >= 11 is 0. The summed E-state index contributed by atoms with van der Waals surface area (Å²) in [5.41, 5.74) is 0.926. The van der Waals surface area contributed by atoms with Crippen molar-refractivity contribution >= 4 is 27.4 Å². The van der Waals surface area contributed by atoms with Gasteiger partial charge in [0, 0.05) is 6.54 Å². The molecule has 156 valence electrons. The topological polar surface area (TPSA) is 84.9 Å². The van der Waals surface area contributed by atoms with Crippen LogP contribution in [-0.2, 0) is 19.1 Å². The molecule has 0 bridgehead atoms. The number of rotatable bonds is 8. The molecule has 0 spiro atoms. The van der Waals surface area contributed by atoms with Crippen LogP contribution in [0.2, 0.25) is 0 Å². The first kappa shape index (κ1) is 21.1. The molecule has 0 saturated heterocycles. The van der Waals surface area contributed by atoms with E-state index < -0.39 is 15.7 Å². The SMILES string of the molecule is CCOc1ccc(S(=O)(=O)OCCCN2C(=O)C(C)(C)Nc3ccccc32)cc1. The summed E-state index contributed by atoms with van der Waals surface area (Å²) in [6, 6.07) is 13.7. The fraction of sp³-hybridized carbons (Fsp3) is 0.381. The molecule has 0 saturated carbocycles. The van der Waals surface area contributed by atoms with Gasteiger partial charge in [-0.15, -0.1) is 0 Å². The van der Waals surface area contributed by atoms with Gasteiger partial charge in [0.25, 0.3) is 16.0 Å². The number of carbonyl (C=O) groups is 1. The van der Waals surface area contributed by atoms with Gasteiger partial charge in [0.05, 0.1) is 29.5 Å². The Hall–Kier alpha value is -2.58. The summed E-state index contributed by atoms with van der Waals surface area (Å²) in [6.45, 7) is 6.36. The van der Waals surface area contributed by atoms with E-state index in [-0.39, 0.29) is 17.4 Å². The van der Waals surface area contributed by atoms with Crippen LogP contribution >= 0.6 is 0 Å². The molecule has 3 rings (SSSR count). The standard InChI is InChI=1S/C21H26N2O5S/c1-4-27-16-10-12-17(13-11-16)29(25,26)28-15-7-14-23-19-9-6-5-8-18(19)22-21(2,3)20(23)24/h5-6,8-13,22H,4,7,14-15H2,1-3H3. The Kier molecular flexibility index (Phi) is 6.14. The Morgan fingerprint density at radius 3 is 2.45 bits per heavy atom. The fourth-order valence-electron chi connectivity index (χ4n) is 3.20. The van der Waals surface area contributed by atoms with Gasteiger partial charge in [-0.1, -0.05) is 12.1 Å². The van der Waals surface area contributed by atoms with E-state index in [1.165, 1.54) is 12.1 Å². The van der Waals surface area contributed by atoms with Crippen molar-refractivity contribution in [2.75, 3.05) is 30.0 Å². The predicted octanol–water partition coefficient (Wildman–Crippen LogP) is 3.42. The second kappa shape index (κ2) is 8.42. The van der Waals surface area contributed by atoms with E-state index in [0.717, 1.165) is 11.4 Å². The van der Waals surface area contributed by atoms with Crippen LogP contribution in [0.15, 0.2) is 53.4 Å². The third-order valence-corrected chi connectivity index (χ3v) is 5.94. The highest BCUT2D eigenvalue weighted by Gasteiger charge is 2.38. The summed E-state index contributed by atoms with van der Waals surface area (Å²) in [6.07, 6.45) is 0.381. The molecule has 0 atom stereocenters. The largest absolute Gasteiger partial charge is 0.494 e. The second-order valence-corrected chi connectivity index (χ2v) is 8.87. The number of ether oxygens (including phenoxy) is 1. The average Bonchev–Trinajstić information content (AvgIpc) is 2.68. The number of amides is 1. The normalized spacial score (nSPS) is 15.6. The molecule has 0 unspecified atom stereocenters. The molecule has 0 aromatic heterocycles. The number of carbonyl (C=O) groups excluding carboxylic acids is 1. The Bertz CT molecular complexity index is 971. The summed E-state index contributed by atoms with van der Waals surface area (Å²) in [5.74, 6) is 0.538. The van der Waals surface area contributed by atoms with Crippen molar-refractivity contribution in [1.29, 1.82) is 0 Å². The van der Waals surface area contributed by atoms with E-state index in [1.807, 2.05) is 45.0 Å². The number of benzene rings is 2. The zero-order valence-electron chi connectivity index (χ0n) is 16.8. The van der Waals surface area contributed by atoms with Crippen molar-refractivity contribution in [1.82, 2.24) is 0 Å². The van der Waals surface area contributed by atoms with Crippen molar-refractivity contribution in [3.8, 4) is 5.75 Å². The van der Waals surface area contributed by atoms with Gasteiger partial charge in [0.2, 0.25) is 0 Å². The zero-order valence-corrected chi connectivity index (χ0v) is 17.7. The molecular weight excluding hydrogens is 392 g/mol. The Labute approximate surface area is 171 Å². The number of fused-ring (bicyclic) bond motifs is 1. The highest BCUT2D eigenvalue weighted by molar-refractivity contribution is 7.86. The minimum absolute atomic E-state index is 0.0185. The number of nitrogens with one attached hydrogen (secondary N) is 1. The lowest BCUT2D eigenvalue weighted by atomic mass is 9.98. The second-order valence-electron chi connectivity index (χ2n) is 7.26. The molecule has 1 amide bonds. The molecule has 2 aromatic rings. The number of nitrogens with zero attached hydrogens (tertiary/aromatic N) is 1. The van der Waals surface area contributed by atoms with Crippen molar-refractivity contribution in [2.24, 2.45) is 0 Å².